The lowest BCUT2D eigenvalue weighted by atomic mass is 9.98. The molecule has 4 nitrogen and oxygen atoms in total. The Morgan fingerprint density at radius 2 is 1.64 bits per heavy atom. The lowest BCUT2D eigenvalue weighted by molar-refractivity contribution is 0.280. The Labute approximate surface area is 85.0 Å². The van der Waals surface area contributed by atoms with Gasteiger partial charge in [-0.2, -0.15) is 0 Å². The van der Waals surface area contributed by atoms with Gasteiger partial charge in [-0.25, -0.2) is 0 Å². The van der Waals surface area contributed by atoms with Gasteiger partial charge in [-0.3, -0.25) is 4.57 Å². The molecule has 4 N–H and O–H groups in total. The van der Waals surface area contributed by atoms with Crippen LogP contribution in [0.2, 0.25) is 0 Å². The first-order chi connectivity index (χ1) is 6.16. The lowest BCUT2D eigenvalue weighted by Crippen LogP contribution is -2.42. The molecule has 1 saturated carbocycles. The SMILES string of the molecule is CC1CC(C(C)(N)P(=O)(O)O)CC1C. The molecule has 1 rings (SSSR count). The van der Waals surface area contributed by atoms with E-state index in [0.29, 0.717) is 11.8 Å². The van der Waals surface area contributed by atoms with Crippen LogP contribution in [0.4, 0.5) is 0 Å². The third-order valence-corrected chi connectivity index (χ3v) is 5.36. The van der Waals surface area contributed by atoms with Gasteiger partial charge < -0.3 is 15.5 Å². The van der Waals surface area contributed by atoms with E-state index in [4.69, 9.17) is 15.5 Å². The second-order valence-electron chi connectivity index (χ2n) is 4.89. The Kier molecular flexibility index (Phi) is 3.13. The zero-order valence-electron chi connectivity index (χ0n) is 8.97. The van der Waals surface area contributed by atoms with Gasteiger partial charge in [0.1, 0.15) is 5.28 Å². The van der Waals surface area contributed by atoms with E-state index >= 15 is 0 Å². The van der Waals surface area contributed by atoms with Crippen molar-refractivity contribution in [2.24, 2.45) is 23.5 Å². The second-order valence-corrected chi connectivity index (χ2v) is 6.94. The van der Waals surface area contributed by atoms with Crippen LogP contribution in [-0.2, 0) is 4.57 Å². The molecule has 0 aromatic carbocycles. The van der Waals surface area contributed by atoms with Crippen LogP contribution in [0.5, 0.6) is 0 Å². The first kappa shape index (κ1) is 12.2. The molecule has 3 atom stereocenters. The first-order valence-electron chi connectivity index (χ1n) is 5.00. The van der Waals surface area contributed by atoms with Crippen molar-refractivity contribution in [3.63, 3.8) is 0 Å². The van der Waals surface area contributed by atoms with Crippen LogP contribution in [0.1, 0.15) is 33.6 Å². The maximum Gasteiger partial charge on any atom is 0.345 e. The summed E-state index contributed by atoms with van der Waals surface area (Å²) >= 11 is 0. The molecule has 5 heteroatoms. The summed E-state index contributed by atoms with van der Waals surface area (Å²) in [5, 5.41) is -1.36. The van der Waals surface area contributed by atoms with E-state index in [1.54, 1.807) is 0 Å². The summed E-state index contributed by atoms with van der Waals surface area (Å²) < 4.78 is 11.2. The Morgan fingerprint density at radius 1 is 1.29 bits per heavy atom. The van der Waals surface area contributed by atoms with Crippen molar-refractivity contribution in [3.8, 4) is 0 Å². The highest BCUT2D eigenvalue weighted by atomic mass is 31.2. The first-order valence-corrected chi connectivity index (χ1v) is 6.62. The fourth-order valence-electron chi connectivity index (χ4n) is 2.17. The van der Waals surface area contributed by atoms with Crippen molar-refractivity contribution in [1.29, 1.82) is 0 Å². The molecular formula is C9H20NO3P. The number of rotatable bonds is 2. The van der Waals surface area contributed by atoms with Gasteiger partial charge in [0.05, 0.1) is 0 Å². The minimum Gasteiger partial charge on any atom is -0.323 e. The van der Waals surface area contributed by atoms with Crippen molar-refractivity contribution in [2.45, 2.75) is 38.9 Å². The van der Waals surface area contributed by atoms with Crippen molar-refractivity contribution in [2.75, 3.05) is 0 Å². The fraction of sp³-hybridized carbons (Fsp3) is 1.00. The van der Waals surface area contributed by atoms with Gasteiger partial charge in [-0.05, 0) is 37.5 Å². The van der Waals surface area contributed by atoms with Crippen molar-refractivity contribution in [3.05, 3.63) is 0 Å². The van der Waals surface area contributed by atoms with Crippen LogP contribution in [-0.4, -0.2) is 15.1 Å². The molecule has 0 spiro atoms. The topological polar surface area (TPSA) is 83.6 Å². The van der Waals surface area contributed by atoms with Gasteiger partial charge in [0.2, 0.25) is 0 Å². The Hall–Kier alpha value is 0.110. The molecule has 1 aliphatic rings. The molecule has 0 bridgehead atoms. The van der Waals surface area contributed by atoms with E-state index in [-0.39, 0.29) is 5.92 Å². The molecule has 14 heavy (non-hydrogen) atoms. The molecule has 0 saturated heterocycles. The zero-order chi connectivity index (χ0) is 11.1. The third-order valence-electron chi connectivity index (χ3n) is 3.74. The Morgan fingerprint density at radius 3 is 1.93 bits per heavy atom. The van der Waals surface area contributed by atoms with Crippen LogP contribution in [0.25, 0.3) is 0 Å². The predicted molar refractivity (Wildman–Crippen MR) is 55.7 cm³/mol. The largest absolute Gasteiger partial charge is 0.345 e. The summed E-state index contributed by atoms with van der Waals surface area (Å²) in [5.74, 6) is 0.956. The van der Waals surface area contributed by atoms with E-state index in [9.17, 15) is 4.57 Å². The predicted octanol–water partition coefficient (Wildman–Crippen LogP) is 1.52. The van der Waals surface area contributed by atoms with E-state index in [1.807, 2.05) is 0 Å². The molecule has 0 aromatic heterocycles. The number of hydrogen-bond acceptors (Lipinski definition) is 2. The summed E-state index contributed by atoms with van der Waals surface area (Å²) in [5.41, 5.74) is 5.76. The maximum absolute atomic E-state index is 11.2. The summed E-state index contributed by atoms with van der Waals surface area (Å²) in [6, 6.07) is 0. The third kappa shape index (κ3) is 2.03. The molecule has 0 aromatic rings. The van der Waals surface area contributed by atoms with Gasteiger partial charge in [0, 0.05) is 0 Å². The van der Waals surface area contributed by atoms with E-state index in [1.165, 1.54) is 6.92 Å². The summed E-state index contributed by atoms with van der Waals surface area (Å²) in [6.45, 7) is 5.70. The van der Waals surface area contributed by atoms with Gasteiger partial charge in [0.25, 0.3) is 0 Å². The van der Waals surface area contributed by atoms with Crippen LogP contribution in [0.3, 0.4) is 0 Å². The van der Waals surface area contributed by atoms with E-state index in [2.05, 4.69) is 13.8 Å². The quantitative estimate of drug-likeness (QED) is 0.617. The summed E-state index contributed by atoms with van der Waals surface area (Å²) in [6.07, 6.45) is 1.64. The smallest absolute Gasteiger partial charge is 0.323 e. The lowest BCUT2D eigenvalue weighted by Gasteiger charge is -2.32. The summed E-state index contributed by atoms with van der Waals surface area (Å²) in [7, 11) is -4.19. The van der Waals surface area contributed by atoms with E-state index in [0.717, 1.165) is 12.8 Å². The highest BCUT2D eigenvalue weighted by Gasteiger charge is 2.48. The molecule has 1 aliphatic carbocycles. The van der Waals surface area contributed by atoms with Crippen LogP contribution in [0, 0.1) is 17.8 Å². The molecule has 3 unspecified atom stereocenters. The molecule has 0 radical (unpaired) electrons. The fourth-order valence-corrected chi connectivity index (χ4v) is 2.86. The minimum absolute atomic E-state index is 0.0617. The molecule has 84 valence electrons. The molecular weight excluding hydrogens is 201 g/mol. The molecule has 0 amide bonds. The average Bonchev–Trinajstić information content (AvgIpc) is 2.30. The maximum atomic E-state index is 11.2. The summed E-state index contributed by atoms with van der Waals surface area (Å²) in [4.78, 5) is 18.3. The van der Waals surface area contributed by atoms with Gasteiger partial charge >= 0.3 is 7.60 Å². The standard InChI is InChI=1S/C9H20NO3P/c1-6-4-8(5-7(6)2)9(3,10)14(11,12)13/h6-8H,4-5,10H2,1-3H3,(H2,11,12,13). The van der Waals surface area contributed by atoms with Crippen LogP contribution in [0.15, 0.2) is 0 Å². The number of nitrogens with two attached hydrogens (primary N) is 1. The highest BCUT2D eigenvalue weighted by Crippen LogP contribution is 2.56. The van der Waals surface area contributed by atoms with E-state index < -0.39 is 12.9 Å². The Balaban J connectivity index is 2.81. The highest BCUT2D eigenvalue weighted by molar-refractivity contribution is 7.53. The second kappa shape index (κ2) is 3.60. The van der Waals surface area contributed by atoms with Gasteiger partial charge in [-0.15, -0.1) is 0 Å². The minimum atomic E-state index is -4.19. The number of hydrogen-bond donors (Lipinski definition) is 3. The molecule has 1 fully saturated rings. The van der Waals surface area contributed by atoms with Crippen molar-refractivity contribution < 1.29 is 14.4 Å². The Bertz CT molecular complexity index is 251. The average molecular weight is 221 g/mol. The zero-order valence-corrected chi connectivity index (χ0v) is 9.87. The monoisotopic (exact) mass is 221 g/mol. The van der Waals surface area contributed by atoms with Crippen LogP contribution >= 0.6 is 7.60 Å². The van der Waals surface area contributed by atoms with Crippen molar-refractivity contribution in [1.82, 2.24) is 0 Å². The molecule has 0 aliphatic heterocycles. The molecule has 0 heterocycles. The van der Waals surface area contributed by atoms with Crippen molar-refractivity contribution >= 4 is 7.60 Å². The van der Waals surface area contributed by atoms with Gasteiger partial charge in [-0.1, -0.05) is 13.8 Å². The van der Waals surface area contributed by atoms with Crippen LogP contribution < -0.4 is 5.73 Å². The van der Waals surface area contributed by atoms with Gasteiger partial charge in [0.15, 0.2) is 0 Å². The normalized spacial score (nSPS) is 38.3.